The summed E-state index contributed by atoms with van der Waals surface area (Å²) >= 11 is 0. The lowest BCUT2D eigenvalue weighted by Gasteiger charge is -2.19. The first-order valence-electron chi connectivity index (χ1n) is 5.48. The molecule has 0 spiro atoms. The lowest BCUT2D eigenvalue weighted by Crippen LogP contribution is -2.24. The molecule has 0 heterocycles. The molecular formula is C12H17ClO3S. The SMILES string of the molecule is CC(C)C(COc1ccccc1)CS(=O)(=O)Cl. The summed E-state index contributed by atoms with van der Waals surface area (Å²) in [5.41, 5.74) is 0. The van der Waals surface area contributed by atoms with Gasteiger partial charge >= 0.3 is 0 Å². The molecule has 1 aromatic rings. The summed E-state index contributed by atoms with van der Waals surface area (Å²) in [5.74, 6) is 0.786. The van der Waals surface area contributed by atoms with E-state index in [-0.39, 0.29) is 17.6 Å². The maximum absolute atomic E-state index is 11.1. The summed E-state index contributed by atoms with van der Waals surface area (Å²) < 4.78 is 27.7. The Morgan fingerprint density at radius 2 is 1.82 bits per heavy atom. The van der Waals surface area contributed by atoms with Crippen molar-refractivity contribution in [1.29, 1.82) is 0 Å². The second-order valence-corrected chi connectivity index (χ2v) is 7.16. The van der Waals surface area contributed by atoms with Crippen LogP contribution in [-0.2, 0) is 9.05 Å². The summed E-state index contributed by atoms with van der Waals surface area (Å²) in [4.78, 5) is 0. The normalized spacial score (nSPS) is 13.6. The first kappa shape index (κ1) is 14.3. The zero-order valence-corrected chi connectivity index (χ0v) is 11.5. The van der Waals surface area contributed by atoms with Crippen molar-refractivity contribution < 1.29 is 13.2 Å². The molecule has 1 rings (SSSR count). The van der Waals surface area contributed by atoms with Crippen LogP contribution >= 0.6 is 10.7 Å². The van der Waals surface area contributed by atoms with E-state index < -0.39 is 9.05 Å². The van der Waals surface area contributed by atoms with E-state index in [2.05, 4.69) is 0 Å². The molecule has 0 bridgehead atoms. The largest absolute Gasteiger partial charge is 0.493 e. The van der Waals surface area contributed by atoms with Crippen molar-refractivity contribution >= 4 is 19.7 Å². The minimum absolute atomic E-state index is 0.0565. The molecule has 0 radical (unpaired) electrons. The molecule has 0 aromatic heterocycles. The topological polar surface area (TPSA) is 43.4 Å². The number of para-hydroxylation sites is 1. The fourth-order valence-electron chi connectivity index (χ4n) is 1.41. The van der Waals surface area contributed by atoms with Crippen LogP contribution in [0.1, 0.15) is 13.8 Å². The maximum atomic E-state index is 11.1. The third-order valence-electron chi connectivity index (χ3n) is 2.56. The fourth-order valence-corrected chi connectivity index (χ4v) is 2.89. The van der Waals surface area contributed by atoms with Crippen LogP contribution in [0.3, 0.4) is 0 Å². The molecule has 3 nitrogen and oxygen atoms in total. The van der Waals surface area contributed by atoms with Gasteiger partial charge in [-0.3, -0.25) is 0 Å². The number of rotatable bonds is 6. The van der Waals surface area contributed by atoms with Gasteiger partial charge in [0.2, 0.25) is 9.05 Å². The first-order chi connectivity index (χ1) is 7.88. The predicted octanol–water partition coefficient (Wildman–Crippen LogP) is 2.91. The van der Waals surface area contributed by atoms with Crippen LogP contribution < -0.4 is 4.74 Å². The Morgan fingerprint density at radius 3 is 2.29 bits per heavy atom. The van der Waals surface area contributed by atoms with Gasteiger partial charge in [0.25, 0.3) is 0 Å². The predicted molar refractivity (Wildman–Crippen MR) is 69.9 cm³/mol. The molecule has 0 N–H and O–H groups in total. The van der Waals surface area contributed by atoms with Gasteiger partial charge < -0.3 is 4.74 Å². The highest BCUT2D eigenvalue weighted by Crippen LogP contribution is 2.18. The third kappa shape index (κ3) is 5.94. The number of benzene rings is 1. The van der Waals surface area contributed by atoms with E-state index in [4.69, 9.17) is 15.4 Å². The van der Waals surface area contributed by atoms with Gasteiger partial charge in [0, 0.05) is 16.6 Å². The molecule has 0 aliphatic heterocycles. The smallest absolute Gasteiger partial charge is 0.233 e. The second-order valence-electron chi connectivity index (χ2n) is 4.33. The zero-order chi connectivity index (χ0) is 12.9. The summed E-state index contributed by atoms with van der Waals surface area (Å²) in [6.07, 6.45) is 0. The monoisotopic (exact) mass is 276 g/mol. The minimum atomic E-state index is -3.48. The fraction of sp³-hybridized carbons (Fsp3) is 0.500. The summed E-state index contributed by atoms with van der Waals surface area (Å²) in [6, 6.07) is 9.32. The Hall–Kier alpha value is -0.740. The molecule has 0 aliphatic rings. The molecule has 1 atom stereocenters. The van der Waals surface area contributed by atoms with E-state index >= 15 is 0 Å². The molecule has 1 unspecified atom stereocenters. The minimum Gasteiger partial charge on any atom is -0.493 e. The van der Waals surface area contributed by atoms with Crippen LogP contribution in [0.5, 0.6) is 5.75 Å². The van der Waals surface area contributed by atoms with Crippen molar-refractivity contribution in [2.45, 2.75) is 13.8 Å². The Kier molecular flexibility index (Phi) is 5.28. The van der Waals surface area contributed by atoms with Gasteiger partial charge in [-0.15, -0.1) is 0 Å². The number of halogens is 1. The summed E-state index contributed by atoms with van der Waals surface area (Å²) in [5, 5.41) is 0. The van der Waals surface area contributed by atoms with Gasteiger partial charge in [-0.05, 0) is 18.1 Å². The van der Waals surface area contributed by atoms with Gasteiger partial charge in [-0.2, -0.15) is 0 Å². The lowest BCUT2D eigenvalue weighted by molar-refractivity contribution is 0.225. The van der Waals surface area contributed by atoms with E-state index in [0.717, 1.165) is 5.75 Å². The highest BCUT2D eigenvalue weighted by Gasteiger charge is 2.21. The first-order valence-corrected chi connectivity index (χ1v) is 7.96. The molecule has 0 fully saturated rings. The highest BCUT2D eigenvalue weighted by molar-refractivity contribution is 8.13. The van der Waals surface area contributed by atoms with Crippen LogP contribution in [-0.4, -0.2) is 20.8 Å². The zero-order valence-electron chi connectivity index (χ0n) is 9.97. The number of hydrogen-bond acceptors (Lipinski definition) is 3. The van der Waals surface area contributed by atoms with Gasteiger partial charge in [0.05, 0.1) is 12.4 Å². The molecule has 1 aromatic carbocycles. The van der Waals surface area contributed by atoms with Crippen LogP contribution in [0.15, 0.2) is 30.3 Å². The second kappa shape index (κ2) is 6.26. The van der Waals surface area contributed by atoms with Crippen LogP contribution in [0.2, 0.25) is 0 Å². The van der Waals surface area contributed by atoms with Crippen LogP contribution in [0.4, 0.5) is 0 Å². The quantitative estimate of drug-likeness (QED) is 0.751. The van der Waals surface area contributed by atoms with Crippen LogP contribution in [0, 0.1) is 11.8 Å². The van der Waals surface area contributed by atoms with Gasteiger partial charge in [-0.25, -0.2) is 8.42 Å². The van der Waals surface area contributed by atoms with Gasteiger partial charge in [0.15, 0.2) is 0 Å². The van der Waals surface area contributed by atoms with Crippen molar-refractivity contribution in [2.75, 3.05) is 12.4 Å². The van der Waals surface area contributed by atoms with Crippen molar-refractivity contribution in [3.8, 4) is 5.75 Å². The molecule has 0 saturated heterocycles. The lowest BCUT2D eigenvalue weighted by atomic mass is 9.99. The van der Waals surface area contributed by atoms with E-state index in [1.54, 1.807) is 0 Å². The molecule has 96 valence electrons. The van der Waals surface area contributed by atoms with Crippen molar-refractivity contribution in [3.05, 3.63) is 30.3 Å². The average Bonchev–Trinajstić information content (AvgIpc) is 2.24. The highest BCUT2D eigenvalue weighted by atomic mass is 35.7. The number of ether oxygens (including phenoxy) is 1. The maximum Gasteiger partial charge on any atom is 0.233 e. The Bertz CT molecular complexity index is 428. The van der Waals surface area contributed by atoms with Crippen molar-refractivity contribution in [1.82, 2.24) is 0 Å². The number of hydrogen-bond donors (Lipinski definition) is 0. The average molecular weight is 277 g/mol. The molecular weight excluding hydrogens is 260 g/mol. The van der Waals surface area contributed by atoms with E-state index in [9.17, 15) is 8.42 Å². The van der Waals surface area contributed by atoms with E-state index in [0.29, 0.717) is 6.61 Å². The molecule has 0 amide bonds. The third-order valence-corrected chi connectivity index (χ3v) is 3.77. The summed E-state index contributed by atoms with van der Waals surface area (Å²) in [6.45, 7) is 4.27. The van der Waals surface area contributed by atoms with E-state index in [1.165, 1.54) is 0 Å². The van der Waals surface area contributed by atoms with Crippen molar-refractivity contribution in [2.24, 2.45) is 11.8 Å². The van der Waals surface area contributed by atoms with Gasteiger partial charge in [-0.1, -0.05) is 32.0 Å². The van der Waals surface area contributed by atoms with Gasteiger partial charge in [0.1, 0.15) is 5.75 Å². The van der Waals surface area contributed by atoms with E-state index in [1.807, 2.05) is 44.2 Å². The molecule has 17 heavy (non-hydrogen) atoms. The Labute approximate surface area is 107 Å². The van der Waals surface area contributed by atoms with Crippen molar-refractivity contribution in [3.63, 3.8) is 0 Å². The summed E-state index contributed by atoms with van der Waals surface area (Å²) in [7, 11) is 1.79. The molecule has 0 aliphatic carbocycles. The standard InChI is InChI=1S/C12H17ClO3S/c1-10(2)11(9-17(13,14)15)8-16-12-6-4-3-5-7-12/h3-7,10-11H,8-9H2,1-2H3. The Morgan fingerprint density at radius 1 is 1.24 bits per heavy atom. The molecule has 5 heteroatoms. The van der Waals surface area contributed by atoms with Crippen LogP contribution in [0.25, 0.3) is 0 Å². The molecule has 0 saturated carbocycles. The Balaban J connectivity index is 2.57.